The summed E-state index contributed by atoms with van der Waals surface area (Å²) in [5, 5.41) is 0. The first-order valence-corrected chi connectivity index (χ1v) is 13.1. The smallest absolute Gasteiger partial charge is 0.325 e. The number of unbranched alkanes of at least 4 members (excludes halogenated alkanes) is 2. The SMILES string of the molecule is CCCCOC(=O)C(C(C(=O)OCCCC)N(C(C)(C)C)C(C)(C)C)N(C(C)(C)C)C(C)(C)C. The van der Waals surface area contributed by atoms with E-state index in [9.17, 15) is 9.59 Å². The molecule has 0 saturated carbocycles. The summed E-state index contributed by atoms with van der Waals surface area (Å²) in [6, 6.07) is -1.66. The van der Waals surface area contributed by atoms with Crippen molar-refractivity contribution in [3.05, 3.63) is 0 Å². The minimum Gasteiger partial charge on any atom is -0.464 e. The van der Waals surface area contributed by atoms with Gasteiger partial charge in [0.05, 0.1) is 13.2 Å². The molecule has 6 heteroatoms. The van der Waals surface area contributed by atoms with E-state index in [0.29, 0.717) is 13.2 Å². The molecular weight excluding hydrogens is 428 g/mol. The number of carbonyl (C=O) groups excluding carboxylic acids is 2. The molecule has 0 aromatic rings. The van der Waals surface area contributed by atoms with Crippen molar-refractivity contribution in [3.63, 3.8) is 0 Å². The van der Waals surface area contributed by atoms with Gasteiger partial charge >= 0.3 is 11.9 Å². The van der Waals surface area contributed by atoms with E-state index >= 15 is 0 Å². The maximum atomic E-state index is 13.9. The number of ether oxygens (including phenoxy) is 2. The summed E-state index contributed by atoms with van der Waals surface area (Å²) >= 11 is 0. The molecule has 0 saturated heterocycles. The lowest BCUT2D eigenvalue weighted by Gasteiger charge is -2.56. The summed E-state index contributed by atoms with van der Waals surface area (Å²) in [7, 11) is 0. The van der Waals surface area contributed by atoms with Crippen LogP contribution in [0.5, 0.6) is 0 Å². The van der Waals surface area contributed by atoms with Gasteiger partial charge in [0, 0.05) is 22.2 Å². The zero-order valence-electron chi connectivity index (χ0n) is 24.9. The minimum atomic E-state index is -0.829. The lowest BCUT2D eigenvalue weighted by atomic mass is 9.85. The predicted octanol–water partition coefficient (Wildman–Crippen LogP) is 6.21. The molecule has 2 atom stereocenters. The van der Waals surface area contributed by atoms with Gasteiger partial charge in [-0.3, -0.25) is 19.4 Å². The molecular formula is C28H56N2O4. The molecule has 0 rings (SSSR count). The van der Waals surface area contributed by atoms with E-state index < -0.39 is 34.2 Å². The van der Waals surface area contributed by atoms with Crippen molar-refractivity contribution >= 4 is 11.9 Å². The number of nitrogens with zero attached hydrogens (tertiary/aromatic N) is 2. The van der Waals surface area contributed by atoms with Gasteiger partial charge in [0.2, 0.25) is 0 Å². The maximum Gasteiger partial charge on any atom is 0.325 e. The Kier molecular flexibility index (Phi) is 12.3. The molecule has 0 fully saturated rings. The first kappa shape index (κ1) is 32.9. The van der Waals surface area contributed by atoms with Gasteiger partial charge in [0.15, 0.2) is 0 Å². The molecule has 0 aromatic heterocycles. The molecule has 2 unspecified atom stereocenters. The lowest BCUT2D eigenvalue weighted by molar-refractivity contribution is -0.180. The van der Waals surface area contributed by atoms with Crippen LogP contribution in [0.25, 0.3) is 0 Å². The largest absolute Gasteiger partial charge is 0.464 e. The highest BCUT2D eigenvalue weighted by Gasteiger charge is 2.54. The molecule has 0 radical (unpaired) electrons. The fraction of sp³-hybridized carbons (Fsp3) is 0.929. The van der Waals surface area contributed by atoms with Crippen LogP contribution in [0, 0.1) is 0 Å². The van der Waals surface area contributed by atoms with Crippen molar-refractivity contribution < 1.29 is 19.1 Å². The first-order valence-electron chi connectivity index (χ1n) is 13.1. The second-order valence-corrected chi connectivity index (χ2v) is 13.4. The highest BCUT2D eigenvalue weighted by atomic mass is 16.5. The van der Waals surface area contributed by atoms with Crippen LogP contribution in [0.2, 0.25) is 0 Å². The second kappa shape index (κ2) is 12.7. The Labute approximate surface area is 211 Å². The minimum absolute atomic E-state index is 0.344. The molecule has 34 heavy (non-hydrogen) atoms. The van der Waals surface area contributed by atoms with E-state index in [0.717, 1.165) is 25.7 Å². The first-order chi connectivity index (χ1) is 15.2. The Morgan fingerprint density at radius 2 is 0.794 bits per heavy atom. The lowest BCUT2D eigenvalue weighted by Crippen LogP contribution is -2.72. The van der Waals surface area contributed by atoms with Crippen LogP contribution in [-0.2, 0) is 19.1 Å². The molecule has 0 aliphatic rings. The Morgan fingerprint density at radius 3 is 0.971 bits per heavy atom. The summed E-state index contributed by atoms with van der Waals surface area (Å²) in [6.45, 7) is 29.9. The van der Waals surface area contributed by atoms with Crippen LogP contribution in [-0.4, -0.2) is 69.2 Å². The van der Waals surface area contributed by atoms with Crippen molar-refractivity contribution in [3.8, 4) is 0 Å². The van der Waals surface area contributed by atoms with Gasteiger partial charge in [0.1, 0.15) is 12.1 Å². The van der Waals surface area contributed by atoms with Crippen molar-refractivity contribution in [2.24, 2.45) is 0 Å². The molecule has 6 nitrogen and oxygen atoms in total. The van der Waals surface area contributed by atoms with E-state index in [2.05, 4.69) is 107 Å². The van der Waals surface area contributed by atoms with Gasteiger partial charge < -0.3 is 9.47 Å². The third-order valence-corrected chi connectivity index (χ3v) is 5.71. The molecule has 0 aliphatic heterocycles. The van der Waals surface area contributed by atoms with Crippen molar-refractivity contribution in [1.29, 1.82) is 0 Å². The summed E-state index contributed by atoms with van der Waals surface area (Å²) in [6.07, 6.45) is 3.44. The standard InChI is InChI=1S/C28H56N2O4/c1-15-17-19-33-23(31)21(29(25(3,4)5)26(6,7)8)22(24(32)34-20-18-16-2)30(27(9,10)11)28(12,13)14/h21-22H,15-20H2,1-14H3. The second-order valence-electron chi connectivity index (χ2n) is 13.4. The quantitative estimate of drug-likeness (QED) is 0.257. The summed E-state index contributed by atoms with van der Waals surface area (Å²) in [5.74, 6) is -0.733. The Hall–Kier alpha value is -1.14. The van der Waals surface area contributed by atoms with Crippen LogP contribution in [0.1, 0.15) is 123 Å². The van der Waals surface area contributed by atoms with Gasteiger partial charge in [-0.1, -0.05) is 26.7 Å². The molecule has 0 heterocycles. The zero-order valence-corrected chi connectivity index (χ0v) is 24.9. The fourth-order valence-corrected chi connectivity index (χ4v) is 5.24. The van der Waals surface area contributed by atoms with Crippen molar-refractivity contribution in [1.82, 2.24) is 9.80 Å². The van der Waals surface area contributed by atoms with Crippen LogP contribution in [0.4, 0.5) is 0 Å². The van der Waals surface area contributed by atoms with Gasteiger partial charge in [-0.25, -0.2) is 0 Å². The zero-order chi connectivity index (χ0) is 27.1. The third-order valence-electron chi connectivity index (χ3n) is 5.71. The normalized spacial score (nSPS) is 15.4. The average Bonchev–Trinajstić information content (AvgIpc) is 2.60. The average molecular weight is 485 g/mol. The molecule has 0 bridgehead atoms. The van der Waals surface area contributed by atoms with Crippen molar-refractivity contribution in [2.75, 3.05) is 13.2 Å². The highest BCUT2D eigenvalue weighted by molar-refractivity contribution is 5.87. The summed E-state index contributed by atoms with van der Waals surface area (Å²) in [4.78, 5) is 32.1. The number of esters is 2. The molecule has 0 aromatic carbocycles. The highest BCUT2D eigenvalue weighted by Crippen LogP contribution is 2.36. The molecule has 0 aliphatic carbocycles. The number of hydrogen-bond donors (Lipinski definition) is 0. The van der Waals surface area contributed by atoms with Crippen molar-refractivity contribution in [2.45, 2.75) is 157 Å². The number of hydrogen-bond acceptors (Lipinski definition) is 6. The van der Waals surface area contributed by atoms with Gasteiger partial charge in [0.25, 0.3) is 0 Å². The topological polar surface area (TPSA) is 59.1 Å². The summed E-state index contributed by atoms with van der Waals surface area (Å²) in [5.41, 5.74) is -1.63. The fourth-order valence-electron chi connectivity index (χ4n) is 5.24. The van der Waals surface area contributed by atoms with E-state index in [-0.39, 0.29) is 11.9 Å². The maximum absolute atomic E-state index is 13.9. The Bertz CT molecular complexity index is 549. The summed E-state index contributed by atoms with van der Waals surface area (Å²) < 4.78 is 11.7. The molecule has 0 N–H and O–H groups in total. The monoisotopic (exact) mass is 484 g/mol. The van der Waals surface area contributed by atoms with Crippen LogP contribution in [0.3, 0.4) is 0 Å². The molecule has 0 spiro atoms. The Morgan fingerprint density at radius 1 is 0.559 bits per heavy atom. The van der Waals surface area contributed by atoms with Crippen LogP contribution in [0.15, 0.2) is 0 Å². The number of rotatable bonds is 11. The Balaban J connectivity index is 7.07. The van der Waals surface area contributed by atoms with E-state index in [1.807, 2.05) is 0 Å². The van der Waals surface area contributed by atoms with Gasteiger partial charge in [-0.15, -0.1) is 0 Å². The van der Waals surface area contributed by atoms with E-state index in [4.69, 9.17) is 9.47 Å². The third kappa shape index (κ3) is 9.85. The van der Waals surface area contributed by atoms with Gasteiger partial charge in [-0.2, -0.15) is 0 Å². The van der Waals surface area contributed by atoms with Crippen LogP contribution < -0.4 is 0 Å². The predicted molar refractivity (Wildman–Crippen MR) is 142 cm³/mol. The number of carbonyl (C=O) groups is 2. The van der Waals surface area contributed by atoms with E-state index in [1.54, 1.807) is 0 Å². The van der Waals surface area contributed by atoms with Gasteiger partial charge in [-0.05, 0) is 95.9 Å². The van der Waals surface area contributed by atoms with Crippen LogP contribution >= 0.6 is 0 Å². The molecule has 0 amide bonds. The van der Waals surface area contributed by atoms with E-state index in [1.165, 1.54) is 0 Å². The molecule has 202 valence electrons.